The number of methoxy groups -OCH3 is 1. The van der Waals surface area contributed by atoms with Crippen LogP contribution < -0.4 is 10.1 Å². The lowest BCUT2D eigenvalue weighted by Crippen LogP contribution is -2.16. The fourth-order valence-electron chi connectivity index (χ4n) is 2.35. The number of aryl methyl sites for hydroxylation is 1. The van der Waals surface area contributed by atoms with Crippen molar-refractivity contribution in [2.45, 2.75) is 32.2 Å². The van der Waals surface area contributed by atoms with E-state index in [0.717, 1.165) is 12.3 Å². The van der Waals surface area contributed by atoms with Crippen LogP contribution in [0.1, 0.15) is 30.4 Å². The highest BCUT2D eigenvalue weighted by atomic mass is 16.5. The van der Waals surface area contributed by atoms with Gasteiger partial charge in [0.25, 0.3) is 0 Å². The van der Waals surface area contributed by atoms with Gasteiger partial charge in [0.15, 0.2) is 0 Å². The molecule has 2 nitrogen and oxygen atoms in total. The van der Waals surface area contributed by atoms with Gasteiger partial charge in [-0.2, -0.15) is 0 Å². The van der Waals surface area contributed by atoms with Gasteiger partial charge in [-0.15, -0.1) is 0 Å². The summed E-state index contributed by atoms with van der Waals surface area (Å²) in [6, 6.07) is 7.06. The van der Waals surface area contributed by atoms with Crippen molar-refractivity contribution in [1.29, 1.82) is 0 Å². The molecule has 2 unspecified atom stereocenters. The number of hydrogen-bond acceptors (Lipinski definition) is 2. The highest BCUT2D eigenvalue weighted by Crippen LogP contribution is 2.33. The lowest BCUT2D eigenvalue weighted by atomic mass is 9.94. The molecule has 1 saturated heterocycles. The quantitative estimate of drug-likeness (QED) is 0.801. The third kappa shape index (κ3) is 2.15. The van der Waals surface area contributed by atoms with Crippen molar-refractivity contribution in [3.8, 4) is 5.75 Å². The van der Waals surface area contributed by atoms with E-state index in [4.69, 9.17) is 4.74 Å². The largest absolute Gasteiger partial charge is 0.496 e. The summed E-state index contributed by atoms with van der Waals surface area (Å²) < 4.78 is 5.42. The van der Waals surface area contributed by atoms with Gasteiger partial charge in [-0.05, 0) is 31.9 Å². The molecule has 0 bridgehead atoms. The SMILES string of the molecule is COc1ccc(C)cc1C1CNC(C)C1. The van der Waals surface area contributed by atoms with Crippen LogP contribution in [0.5, 0.6) is 5.75 Å². The summed E-state index contributed by atoms with van der Waals surface area (Å²) in [5.74, 6) is 1.64. The molecule has 2 atom stereocenters. The maximum atomic E-state index is 5.42. The lowest BCUT2D eigenvalue weighted by Gasteiger charge is -2.14. The Hall–Kier alpha value is -1.02. The minimum atomic E-state index is 0.606. The molecule has 0 aliphatic carbocycles. The number of rotatable bonds is 2. The van der Waals surface area contributed by atoms with Crippen molar-refractivity contribution in [1.82, 2.24) is 5.32 Å². The van der Waals surface area contributed by atoms with Crippen LogP contribution in [0, 0.1) is 6.92 Å². The Balaban J connectivity index is 2.29. The van der Waals surface area contributed by atoms with Crippen molar-refractivity contribution >= 4 is 0 Å². The van der Waals surface area contributed by atoms with Crippen LogP contribution in [0.2, 0.25) is 0 Å². The molecule has 2 heteroatoms. The second-order valence-electron chi connectivity index (χ2n) is 4.49. The highest BCUT2D eigenvalue weighted by Gasteiger charge is 2.24. The molecule has 1 aromatic carbocycles. The molecule has 0 aromatic heterocycles. The van der Waals surface area contributed by atoms with Crippen LogP contribution in [0.25, 0.3) is 0 Å². The summed E-state index contributed by atoms with van der Waals surface area (Å²) in [5.41, 5.74) is 2.67. The molecular weight excluding hydrogens is 186 g/mol. The number of benzene rings is 1. The molecule has 0 saturated carbocycles. The van der Waals surface area contributed by atoms with Crippen molar-refractivity contribution in [3.05, 3.63) is 29.3 Å². The van der Waals surface area contributed by atoms with E-state index in [2.05, 4.69) is 37.4 Å². The predicted octanol–water partition coefficient (Wildman–Crippen LogP) is 2.47. The van der Waals surface area contributed by atoms with E-state index in [1.165, 1.54) is 17.5 Å². The zero-order valence-electron chi connectivity index (χ0n) is 9.71. The van der Waals surface area contributed by atoms with Crippen LogP contribution in [-0.4, -0.2) is 19.7 Å². The summed E-state index contributed by atoms with van der Waals surface area (Å²) in [6.45, 7) is 5.44. The van der Waals surface area contributed by atoms with Gasteiger partial charge in [0.1, 0.15) is 5.75 Å². The molecular formula is C13H19NO. The molecule has 0 spiro atoms. The second kappa shape index (κ2) is 4.23. The average Bonchev–Trinajstić information content (AvgIpc) is 2.65. The molecule has 0 radical (unpaired) electrons. The fourth-order valence-corrected chi connectivity index (χ4v) is 2.35. The Morgan fingerprint density at radius 2 is 2.20 bits per heavy atom. The average molecular weight is 205 g/mol. The Kier molecular flexibility index (Phi) is 2.96. The molecule has 1 aromatic rings. The first-order chi connectivity index (χ1) is 7.20. The third-order valence-corrected chi connectivity index (χ3v) is 3.18. The van der Waals surface area contributed by atoms with Crippen LogP contribution in [-0.2, 0) is 0 Å². The summed E-state index contributed by atoms with van der Waals surface area (Å²) >= 11 is 0. The third-order valence-electron chi connectivity index (χ3n) is 3.18. The van der Waals surface area contributed by atoms with Crippen LogP contribution in [0.15, 0.2) is 18.2 Å². The van der Waals surface area contributed by atoms with E-state index < -0.39 is 0 Å². The standard InChI is InChI=1S/C13H19NO/c1-9-4-5-13(15-3)12(6-9)11-7-10(2)14-8-11/h4-6,10-11,14H,7-8H2,1-3H3. The lowest BCUT2D eigenvalue weighted by molar-refractivity contribution is 0.406. The molecule has 1 aliphatic rings. The monoisotopic (exact) mass is 205 g/mol. The Labute approximate surface area is 91.6 Å². The molecule has 15 heavy (non-hydrogen) atoms. The molecule has 1 N–H and O–H groups in total. The number of nitrogens with one attached hydrogen (secondary N) is 1. The summed E-state index contributed by atoms with van der Waals surface area (Å²) in [6.07, 6.45) is 1.21. The van der Waals surface area contributed by atoms with Crippen LogP contribution >= 0.6 is 0 Å². The summed E-state index contributed by atoms with van der Waals surface area (Å²) in [4.78, 5) is 0. The first-order valence-electron chi connectivity index (χ1n) is 5.58. The maximum absolute atomic E-state index is 5.42. The molecule has 1 heterocycles. The minimum Gasteiger partial charge on any atom is -0.496 e. The van der Waals surface area contributed by atoms with Gasteiger partial charge in [0.05, 0.1) is 7.11 Å². The zero-order valence-corrected chi connectivity index (χ0v) is 9.71. The topological polar surface area (TPSA) is 21.3 Å². The van der Waals surface area contributed by atoms with Crippen molar-refractivity contribution in [2.75, 3.05) is 13.7 Å². The first-order valence-corrected chi connectivity index (χ1v) is 5.58. The number of hydrogen-bond donors (Lipinski definition) is 1. The minimum absolute atomic E-state index is 0.606. The van der Waals surface area contributed by atoms with Gasteiger partial charge in [0.2, 0.25) is 0 Å². The van der Waals surface area contributed by atoms with Crippen molar-refractivity contribution < 1.29 is 4.74 Å². The van der Waals surface area contributed by atoms with Gasteiger partial charge < -0.3 is 10.1 Å². The fraction of sp³-hybridized carbons (Fsp3) is 0.538. The van der Waals surface area contributed by atoms with Gasteiger partial charge >= 0.3 is 0 Å². The van der Waals surface area contributed by atoms with Crippen LogP contribution in [0.4, 0.5) is 0 Å². The van der Waals surface area contributed by atoms with Crippen molar-refractivity contribution in [2.24, 2.45) is 0 Å². The van der Waals surface area contributed by atoms with Crippen LogP contribution in [0.3, 0.4) is 0 Å². The normalized spacial score (nSPS) is 25.5. The maximum Gasteiger partial charge on any atom is 0.122 e. The highest BCUT2D eigenvalue weighted by molar-refractivity contribution is 5.40. The smallest absolute Gasteiger partial charge is 0.122 e. The Bertz CT molecular complexity index is 348. The van der Waals surface area contributed by atoms with Gasteiger partial charge in [-0.1, -0.05) is 17.7 Å². The molecule has 0 amide bonds. The first kappa shape index (κ1) is 10.5. The molecule has 2 rings (SSSR count). The van der Waals surface area contributed by atoms with Gasteiger partial charge in [-0.3, -0.25) is 0 Å². The summed E-state index contributed by atoms with van der Waals surface area (Å²) in [7, 11) is 1.75. The van der Waals surface area contributed by atoms with E-state index in [1.807, 2.05) is 0 Å². The van der Waals surface area contributed by atoms with E-state index in [0.29, 0.717) is 12.0 Å². The van der Waals surface area contributed by atoms with E-state index in [9.17, 15) is 0 Å². The number of ether oxygens (including phenoxy) is 1. The second-order valence-corrected chi connectivity index (χ2v) is 4.49. The zero-order chi connectivity index (χ0) is 10.8. The Morgan fingerprint density at radius 1 is 1.40 bits per heavy atom. The van der Waals surface area contributed by atoms with E-state index >= 15 is 0 Å². The molecule has 82 valence electrons. The van der Waals surface area contributed by atoms with Crippen molar-refractivity contribution in [3.63, 3.8) is 0 Å². The van der Waals surface area contributed by atoms with Gasteiger partial charge in [-0.25, -0.2) is 0 Å². The Morgan fingerprint density at radius 3 is 2.80 bits per heavy atom. The van der Waals surface area contributed by atoms with E-state index in [-0.39, 0.29) is 0 Å². The molecule has 1 fully saturated rings. The molecule has 1 aliphatic heterocycles. The predicted molar refractivity (Wildman–Crippen MR) is 62.6 cm³/mol. The van der Waals surface area contributed by atoms with Gasteiger partial charge in [0, 0.05) is 18.5 Å². The van der Waals surface area contributed by atoms with E-state index in [1.54, 1.807) is 7.11 Å². The summed E-state index contributed by atoms with van der Waals surface area (Å²) in [5, 5.41) is 3.48.